The zero-order valence-electron chi connectivity index (χ0n) is 19.9. The average Bonchev–Trinajstić information content (AvgIpc) is 3.26. The predicted octanol–water partition coefficient (Wildman–Crippen LogP) is 0.0285. The van der Waals surface area contributed by atoms with Crippen LogP contribution in [0.4, 0.5) is 0 Å². The third kappa shape index (κ3) is 7.53. The topological polar surface area (TPSA) is 162 Å². The lowest BCUT2D eigenvalue weighted by atomic mass is 10.0. The fourth-order valence-electron chi connectivity index (χ4n) is 4.09. The number of nitrogens with zero attached hydrogens (tertiary/aromatic N) is 1. The van der Waals surface area contributed by atoms with Crippen molar-refractivity contribution in [3.63, 3.8) is 0 Å². The number of aliphatic hydroxyl groups excluding tert-OH is 1. The number of nitrogens with one attached hydrogen (secondary N) is 2. The first kappa shape index (κ1) is 27.3. The summed E-state index contributed by atoms with van der Waals surface area (Å²) in [4.78, 5) is 51.9. The molecule has 10 heteroatoms. The second-order valence-corrected chi connectivity index (χ2v) is 9.24. The summed E-state index contributed by atoms with van der Waals surface area (Å²) in [6, 6.07) is 4.86. The molecule has 5 atom stereocenters. The van der Waals surface area contributed by atoms with Gasteiger partial charge in [-0.2, -0.15) is 0 Å². The van der Waals surface area contributed by atoms with E-state index in [9.17, 15) is 29.4 Å². The molecule has 188 valence electrons. The number of carbonyl (C=O) groups excluding carboxylic acids is 3. The maximum absolute atomic E-state index is 13.2. The highest BCUT2D eigenvalue weighted by atomic mass is 16.4. The molecule has 0 spiro atoms. The number of amides is 3. The van der Waals surface area contributed by atoms with Gasteiger partial charge in [0.15, 0.2) is 6.04 Å². The Hall–Kier alpha value is -2.98. The number of aliphatic carboxylic acids is 1. The van der Waals surface area contributed by atoms with E-state index in [1.54, 1.807) is 24.3 Å². The second-order valence-electron chi connectivity index (χ2n) is 9.24. The van der Waals surface area contributed by atoms with Gasteiger partial charge in [0.1, 0.15) is 12.1 Å². The highest BCUT2D eigenvalue weighted by Gasteiger charge is 2.38. The maximum atomic E-state index is 13.2. The van der Waals surface area contributed by atoms with E-state index in [1.165, 1.54) is 11.8 Å². The average molecular weight is 477 g/mol. The van der Waals surface area contributed by atoms with E-state index in [0.717, 1.165) is 5.56 Å². The van der Waals surface area contributed by atoms with Crippen molar-refractivity contribution in [2.75, 3.05) is 6.54 Å². The van der Waals surface area contributed by atoms with Gasteiger partial charge in [-0.25, -0.2) is 4.79 Å². The first-order valence-electron chi connectivity index (χ1n) is 11.6. The molecule has 0 bridgehead atoms. The largest absolute Gasteiger partial charge is 0.480 e. The number of carboxylic acid groups (broad SMARTS) is 1. The fourth-order valence-corrected chi connectivity index (χ4v) is 4.09. The summed E-state index contributed by atoms with van der Waals surface area (Å²) in [6.07, 6.45) is 0.352. The van der Waals surface area contributed by atoms with E-state index >= 15 is 0 Å². The molecule has 1 saturated heterocycles. The highest BCUT2D eigenvalue weighted by molar-refractivity contribution is 5.94. The number of carboxylic acids is 1. The van der Waals surface area contributed by atoms with Crippen LogP contribution in [0.2, 0.25) is 0 Å². The van der Waals surface area contributed by atoms with Gasteiger partial charge in [0.05, 0.1) is 12.1 Å². The Morgan fingerprint density at radius 1 is 1.12 bits per heavy atom. The Balaban J connectivity index is 2.18. The zero-order chi connectivity index (χ0) is 25.4. The number of aliphatic hydroxyl groups is 1. The molecule has 0 aliphatic carbocycles. The molecule has 6 N–H and O–H groups in total. The number of nitrogens with two attached hydrogens (primary N) is 1. The van der Waals surface area contributed by atoms with Crippen LogP contribution in [0.3, 0.4) is 0 Å². The highest BCUT2D eigenvalue weighted by Crippen LogP contribution is 2.20. The smallest absolute Gasteiger partial charge is 0.328 e. The predicted molar refractivity (Wildman–Crippen MR) is 125 cm³/mol. The van der Waals surface area contributed by atoms with E-state index in [2.05, 4.69) is 10.6 Å². The molecule has 0 radical (unpaired) electrons. The summed E-state index contributed by atoms with van der Waals surface area (Å²) < 4.78 is 0. The van der Waals surface area contributed by atoms with E-state index < -0.39 is 48.1 Å². The lowest BCUT2D eigenvalue weighted by Gasteiger charge is -2.29. The minimum absolute atomic E-state index is 0.109. The molecule has 1 aliphatic rings. The molecule has 5 unspecified atom stereocenters. The molecule has 1 fully saturated rings. The van der Waals surface area contributed by atoms with Crippen LogP contribution in [0.5, 0.6) is 0 Å². The Morgan fingerprint density at radius 3 is 2.32 bits per heavy atom. The van der Waals surface area contributed by atoms with Crippen molar-refractivity contribution < 1.29 is 29.4 Å². The number of likely N-dealkylation sites (tertiary alicyclic amines) is 1. The number of rotatable bonds is 11. The van der Waals surface area contributed by atoms with Gasteiger partial charge in [-0.3, -0.25) is 14.4 Å². The summed E-state index contributed by atoms with van der Waals surface area (Å²) in [5, 5.41) is 24.0. The van der Waals surface area contributed by atoms with Gasteiger partial charge in [0, 0.05) is 13.0 Å². The molecule has 1 aliphatic heterocycles. The Morgan fingerprint density at radius 2 is 1.76 bits per heavy atom. The van der Waals surface area contributed by atoms with E-state index in [4.69, 9.17) is 5.73 Å². The van der Waals surface area contributed by atoms with Crippen molar-refractivity contribution in [3.05, 3.63) is 35.9 Å². The first-order valence-corrected chi connectivity index (χ1v) is 11.6. The van der Waals surface area contributed by atoms with Crippen LogP contribution in [0, 0.1) is 5.92 Å². The molecule has 1 heterocycles. The number of hydrogen-bond donors (Lipinski definition) is 5. The van der Waals surface area contributed by atoms with Gasteiger partial charge in [-0.05, 0) is 37.7 Å². The monoisotopic (exact) mass is 476 g/mol. The van der Waals surface area contributed by atoms with Crippen molar-refractivity contribution in [1.82, 2.24) is 15.5 Å². The molecule has 2 rings (SSSR count). The van der Waals surface area contributed by atoms with Gasteiger partial charge in [0.2, 0.25) is 17.7 Å². The van der Waals surface area contributed by atoms with Crippen LogP contribution in [-0.2, 0) is 25.6 Å². The number of benzene rings is 1. The van der Waals surface area contributed by atoms with Gasteiger partial charge in [0.25, 0.3) is 0 Å². The fraction of sp³-hybridized carbons (Fsp3) is 0.583. The van der Waals surface area contributed by atoms with Crippen molar-refractivity contribution >= 4 is 23.7 Å². The van der Waals surface area contributed by atoms with Crippen molar-refractivity contribution in [2.45, 2.75) is 76.7 Å². The summed E-state index contributed by atoms with van der Waals surface area (Å²) in [7, 11) is 0. The molecule has 0 saturated carbocycles. The molecule has 3 amide bonds. The van der Waals surface area contributed by atoms with Gasteiger partial charge in [-0.1, -0.05) is 44.2 Å². The van der Waals surface area contributed by atoms with E-state index in [0.29, 0.717) is 25.8 Å². The maximum Gasteiger partial charge on any atom is 0.328 e. The zero-order valence-corrected chi connectivity index (χ0v) is 19.9. The van der Waals surface area contributed by atoms with Gasteiger partial charge < -0.3 is 31.5 Å². The molecule has 0 aromatic heterocycles. The van der Waals surface area contributed by atoms with Gasteiger partial charge >= 0.3 is 5.97 Å². The molecule has 34 heavy (non-hydrogen) atoms. The Bertz CT molecular complexity index is 860. The third-order valence-corrected chi connectivity index (χ3v) is 5.84. The molecular weight excluding hydrogens is 440 g/mol. The SMILES string of the molecule is CC(C)CC(N)C(=O)N1CCCC1C(=O)NC(Cc1ccccc1)C(=O)NC(C(=O)O)C(C)O. The molecular formula is C24H36N4O6. The lowest BCUT2D eigenvalue weighted by Crippen LogP contribution is -2.58. The van der Waals surface area contributed by atoms with Crippen LogP contribution >= 0.6 is 0 Å². The van der Waals surface area contributed by atoms with E-state index in [1.807, 2.05) is 19.9 Å². The quantitative estimate of drug-likeness (QED) is 0.301. The van der Waals surface area contributed by atoms with Crippen molar-refractivity contribution in [3.8, 4) is 0 Å². The summed E-state index contributed by atoms with van der Waals surface area (Å²) in [5.74, 6) is -2.69. The molecule has 1 aromatic rings. The number of carbonyl (C=O) groups is 4. The van der Waals surface area contributed by atoms with Crippen LogP contribution < -0.4 is 16.4 Å². The van der Waals surface area contributed by atoms with Crippen LogP contribution in [0.25, 0.3) is 0 Å². The Kier molecular flexibility index (Phi) is 10.0. The summed E-state index contributed by atoms with van der Waals surface area (Å²) in [5.41, 5.74) is 6.81. The first-order chi connectivity index (χ1) is 16.0. The van der Waals surface area contributed by atoms with Crippen LogP contribution in [0.15, 0.2) is 30.3 Å². The van der Waals surface area contributed by atoms with Crippen LogP contribution in [0.1, 0.15) is 45.6 Å². The summed E-state index contributed by atoms with van der Waals surface area (Å²) in [6.45, 7) is 5.59. The molecule has 10 nitrogen and oxygen atoms in total. The second kappa shape index (κ2) is 12.5. The van der Waals surface area contributed by atoms with Crippen molar-refractivity contribution in [2.24, 2.45) is 11.7 Å². The minimum atomic E-state index is -1.53. The number of hydrogen-bond acceptors (Lipinski definition) is 6. The lowest BCUT2D eigenvalue weighted by molar-refractivity contribution is -0.145. The summed E-state index contributed by atoms with van der Waals surface area (Å²) >= 11 is 0. The minimum Gasteiger partial charge on any atom is -0.480 e. The third-order valence-electron chi connectivity index (χ3n) is 5.84. The van der Waals surface area contributed by atoms with Crippen molar-refractivity contribution in [1.29, 1.82) is 0 Å². The van der Waals surface area contributed by atoms with Gasteiger partial charge in [-0.15, -0.1) is 0 Å². The Labute approximate surface area is 199 Å². The standard InChI is InChI=1S/C24H36N4O6/c1-14(2)12-17(25)23(32)28-11-7-10-19(28)22(31)26-18(13-16-8-5-4-6-9-16)21(30)27-20(15(3)29)24(33)34/h4-6,8-9,14-15,17-20,29H,7,10-13,25H2,1-3H3,(H,26,31)(H,27,30)(H,33,34). The van der Waals surface area contributed by atoms with E-state index in [-0.39, 0.29) is 18.2 Å². The normalized spacial score (nSPS) is 19.2. The molecule has 1 aromatic carbocycles. The van der Waals surface area contributed by atoms with Crippen LogP contribution in [-0.4, -0.2) is 75.6 Å².